The summed E-state index contributed by atoms with van der Waals surface area (Å²) >= 11 is 0. The Morgan fingerprint density at radius 2 is 1.67 bits per heavy atom. The molecule has 0 unspecified atom stereocenters. The van der Waals surface area contributed by atoms with E-state index in [2.05, 4.69) is 17.1 Å². The Hall–Kier alpha value is -1.84. The second-order valence-corrected chi connectivity index (χ2v) is 8.15. The SMILES string of the molecule is CCCCCCNC(=O)c1ccc(C(=O)N2CCC[C@H]3CCCC[C@@H]32)cc1. The van der Waals surface area contributed by atoms with Crippen molar-refractivity contribution in [3.05, 3.63) is 35.4 Å². The number of piperidine rings is 1. The molecule has 2 fully saturated rings. The van der Waals surface area contributed by atoms with Gasteiger partial charge in [-0.05, 0) is 62.3 Å². The van der Waals surface area contributed by atoms with Gasteiger partial charge in [-0.15, -0.1) is 0 Å². The van der Waals surface area contributed by atoms with Crippen molar-refractivity contribution in [2.45, 2.75) is 77.2 Å². The molecule has 1 aromatic carbocycles. The molecule has 148 valence electrons. The Morgan fingerprint density at radius 1 is 0.963 bits per heavy atom. The molecule has 4 nitrogen and oxygen atoms in total. The van der Waals surface area contributed by atoms with Gasteiger partial charge in [0.2, 0.25) is 0 Å². The van der Waals surface area contributed by atoms with Crippen LogP contribution in [0, 0.1) is 5.92 Å². The van der Waals surface area contributed by atoms with Crippen LogP contribution in [0.3, 0.4) is 0 Å². The van der Waals surface area contributed by atoms with Gasteiger partial charge >= 0.3 is 0 Å². The first-order valence-electron chi connectivity index (χ1n) is 10.9. The van der Waals surface area contributed by atoms with Gasteiger partial charge in [0, 0.05) is 30.3 Å². The van der Waals surface area contributed by atoms with E-state index in [0.717, 1.165) is 38.8 Å². The van der Waals surface area contributed by atoms with E-state index in [0.29, 0.717) is 23.1 Å². The van der Waals surface area contributed by atoms with Crippen LogP contribution in [0.25, 0.3) is 0 Å². The number of likely N-dealkylation sites (tertiary alicyclic amines) is 1. The predicted octanol–water partition coefficient (Wildman–Crippen LogP) is 4.79. The molecule has 27 heavy (non-hydrogen) atoms. The summed E-state index contributed by atoms with van der Waals surface area (Å²) in [7, 11) is 0. The molecule has 1 saturated heterocycles. The van der Waals surface area contributed by atoms with Gasteiger partial charge < -0.3 is 10.2 Å². The molecule has 1 aliphatic carbocycles. The molecule has 1 heterocycles. The Morgan fingerprint density at radius 3 is 2.44 bits per heavy atom. The number of carbonyl (C=O) groups is 2. The van der Waals surface area contributed by atoms with Gasteiger partial charge in [-0.3, -0.25) is 9.59 Å². The molecule has 4 heteroatoms. The van der Waals surface area contributed by atoms with Crippen molar-refractivity contribution in [3.63, 3.8) is 0 Å². The molecule has 2 atom stereocenters. The molecule has 1 aromatic rings. The normalized spacial score (nSPS) is 22.2. The summed E-state index contributed by atoms with van der Waals surface area (Å²) in [6.45, 7) is 3.77. The molecular formula is C23H34N2O2. The number of fused-ring (bicyclic) bond motifs is 1. The van der Waals surface area contributed by atoms with Crippen LogP contribution in [0.5, 0.6) is 0 Å². The van der Waals surface area contributed by atoms with Crippen LogP contribution >= 0.6 is 0 Å². The minimum Gasteiger partial charge on any atom is -0.352 e. The van der Waals surface area contributed by atoms with Crippen molar-refractivity contribution in [2.75, 3.05) is 13.1 Å². The number of rotatable bonds is 7. The number of benzene rings is 1. The molecule has 2 aliphatic rings. The number of amides is 2. The van der Waals surface area contributed by atoms with Gasteiger partial charge in [0.05, 0.1) is 0 Å². The number of carbonyl (C=O) groups excluding carboxylic acids is 2. The smallest absolute Gasteiger partial charge is 0.254 e. The fraction of sp³-hybridized carbons (Fsp3) is 0.652. The molecule has 0 radical (unpaired) electrons. The Balaban J connectivity index is 1.56. The van der Waals surface area contributed by atoms with Crippen LogP contribution in [-0.4, -0.2) is 35.8 Å². The van der Waals surface area contributed by atoms with Crippen molar-refractivity contribution in [1.82, 2.24) is 10.2 Å². The Labute approximate surface area is 163 Å². The van der Waals surface area contributed by atoms with E-state index in [1.165, 1.54) is 38.5 Å². The average Bonchev–Trinajstić information content (AvgIpc) is 2.72. The van der Waals surface area contributed by atoms with E-state index in [1.807, 2.05) is 12.1 Å². The summed E-state index contributed by atoms with van der Waals surface area (Å²) in [6, 6.07) is 7.64. The largest absolute Gasteiger partial charge is 0.352 e. The molecular weight excluding hydrogens is 336 g/mol. The second kappa shape index (κ2) is 9.91. The summed E-state index contributed by atoms with van der Waals surface area (Å²) in [5.74, 6) is 0.781. The number of nitrogens with one attached hydrogen (secondary N) is 1. The number of unbranched alkanes of at least 4 members (excludes halogenated alkanes) is 3. The first-order chi connectivity index (χ1) is 13.2. The van der Waals surface area contributed by atoms with Crippen LogP contribution < -0.4 is 5.32 Å². The number of hydrogen-bond donors (Lipinski definition) is 1. The maximum absolute atomic E-state index is 13.0. The number of nitrogens with zero attached hydrogens (tertiary/aromatic N) is 1. The Bertz CT molecular complexity index is 624. The zero-order chi connectivity index (χ0) is 19.1. The van der Waals surface area contributed by atoms with Gasteiger partial charge in [-0.2, -0.15) is 0 Å². The van der Waals surface area contributed by atoms with Crippen molar-refractivity contribution < 1.29 is 9.59 Å². The van der Waals surface area contributed by atoms with E-state index in [9.17, 15) is 9.59 Å². The quantitative estimate of drug-likeness (QED) is 0.702. The van der Waals surface area contributed by atoms with Crippen molar-refractivity contribution >= 4 is 11.8 Å². The van der Waals surface area contributed by atoms with Crippen LogP contribution in [0.1, 0.15) is 91.8 Å². The fourth-order valence-corrected chi connectivity index (χ4v) is 4.66. The van der Waals surface area contributed by atoms with E-state index >= 15 is 0 Å². The average molecular weight is 371 g/mol. The Kier molecular flexibility index (Phi) is 7.31. The molecule has 2 amide bonds. The van der Waals surface area contributed by atoms with Gasteiger partial charge in [0.25, 0.3) is 11.8 Å². The maximum atomic E-state index is 13.0. The zero-order valence-corrected chi connectivity index (χ0v) is 16.7. The lowest BCUT2D eigenvalue weighted by Crippen LogP contribution is -2.49. The fourth-order valence-electron chi connectivity index (χ4n) is 4.66. The van der Waals surface area contributed by atoms with Crippen molar-refractivity contribution in [3.8, 4) is 0 Å². The first-order valence-corrected chi connectivity index (χ1v) is 10.9. The summed E-state index contributed by atoms with van der Waals surface area (Å²) in [5, 5.41) is 2.97. The highest BCUT2D eigenvalue weighted by Gasteiger charge is 2.35. The second-order valence-electron chi connectivity index (χ2n) is 8.15. The molecule has 1 saturated carbocycles. The van der Waals surface area contributed by atoms with E-state index in [1.54, 1.807) is 12.1 Å². The summed E-state index contributed by atoms with van der Waals surface area (Å²) in [4.78, 5) is 27.4. The molecule has 3 rings (SSSR count). The highest BCUT2D eigenvalue weighted by atomic mass is 16.2. The molecule has 0 aromatic heterocycles. The van der Waals surface area contributed by atoms with Crippen molar-refractivity contribution in [1.29, 1.82) is 0 Å². The molecule has 0 spiro atoms. The van der Waals surface area contributed by atoms with E-state index in [4.69, 9.17) is 0 Å². The third kappa shape index (κ3) is 5.12. The van der Waals surface area contributed by atoms with Gasteiger partial charge in [-0.1, -0.05) is 39.0 Å². The molecule has 0 bridgehead atoms. The minimum absolute atomic E-state index is 0.0455. The third-order valence-corrected chi connectivity index (χ3v) is 6.21. The standard InChI is InChI=1S/C23H34N2O2/c1-2-3-4-7-16-24-22(26)19-12-14-20(15-13-19)23(27)25-17-8-10-18-9-5-6-11-21(18)25/h12-15,18,21H,2-11,16-17H2,1H3,(H,24,26)/t18-,21+/m1/s1. The van der Waals surface area contributed by atoms with Crippen LogP contribution in [0.15, 0.2) is 24.3 Å². The maximum Gasteiger partial charge on any atom is 0.254 e. The lowest BCUT2D eigenvalue weighted by molar-refractivity contribution is 0.0390. The topological polar surface area (TPSA) is 49.4 Å². The first kappa shape index (κ1) is 19.9. The van der Waals surface area contributed by atoms with Crippen molar-refractivity contribution in [2.24, 2.45) is 5.92 Å². The van der Waals surface area contributed by atoms with E-state index in [-0.39, 0.29) is 11.8 Å². The number of hydrogen-bond acceptors (Lipinski definition) is 2. The molecule has 1 N–H and O–H groups in total. The van der Waals surface area contributed by atoms with Crippen LogP contribution in [0.2, 0.25) is 0 Å². The highest BCUT2D eigenvalue weighted by Crippen LogP contribution is 2.35. The highest BCUT2D eigenvalue weighted by molar-refractivity contribution is 5.98. The molecule has 1 aliphatic heterocycles. The van der Waals surface area contributed by atoms with Gasteiger partial charge in [0.1, 0.15) is 0 Å². The van der Waals surface area contributed by atoms with Crippen LogP contribution in [0.4, 0.5) is 0 Å². The lowest BCUT2D eigenvalue weighted by atomic mass is 9.78. The van der Waals surface area contributed by atoms with Gasteiger partial charge in [0.15, 0.2) is 0 Å². The summed E-state index contributed by atoms with van der Waals surface area (Å²) < 4.78 is 0. The lowest BCUT2D eigenvalue weighted by Gasteiger charge is -2.44. The van der Waals surface area contributed by atoms with E-state index < -0.39 is 0 Å². The zero-order valence-electron chi connectivity index (χ0n) is 16.7. The third-order valence-electron chi connectivity index (χ3n) is 6.21. The van der Waals surface area contributed by atoms with Crippen LogP contribution in [-0.2, 0) is 0 Å². The summed E-state index contributed by atoms with van der Waals surface area (Å²) in [5.41, 5.74) is 1.34. The summed E-state index contributed by atoms with van der Waals surface area (Å²) in [6.07, 6.45) is 11.9. The minimum atomic E-state index is -0.0455. The van der Waals surface area contributed by atoms with Gasteiger partial charge in [-0.25, -0.2) is 0 Å². The predicted molar refractivity (Wildman–Crippen MR) is 109 cm³/mol. The monoisotopic (exact) mass is 370 g/mol.